The Balaban J connectivity index is 1.79. The van der Waals surface area contributed by atoms with Crippen LogP contribution in [-0.2, 0) is 84.8 Å². The minimum Gasteiger partial charge on any atom is -0.508 e. The van der Waals surface area contributed by atoms with Gasteiger partial charge in [-0.1, -0.05) is 38.1 Å². The van der Waals surface area contributed by atoms with Crippen molar-refractivity contribution < 1.29 is 97.5 Å². The summed E-state index contributed by atoms with van der Waals surface area (Å²) in [6.07, 6.45) is -0.742. The average Bonchev–Trinajstić information content (AvgIpc) is 1.77. The molecule has 3 rings (SSSR count). The summed E-state index contributed by atoms with van der Waals surface area (Å²) in [5, 5.41) is 85.7. The number of nitrogens with two attached hydrogens (primary N) is 3. The van der Waals surface area contributed by atoms with Gasteiger partial charge in [0, 0.05) is 32.9 Å². The van der Waals surface area contributed by atoms with E-state index in [0.717, 1.165) is 4.90 Å². The lowest BCUT2D eigenvalue weighted by atomic mass is 10.0. The Hall–Kier alpha value is -10.4. The predicted molar refractivity (Wildman–Crippen MR) is 353 cm³/mol. The summed E-state index contributed by atoms with van der Waals surface area (Å²) in [5.74, 6) is -16.3. The van der Waals surface area contributed by atoms with Crippen molar-refractivity contribution in [1.29, 1.82) is 5.41 Å². The maximum atomic E-state index is 14.2. The maximum Gasteiger partial charge on any atom is 0.305 e. The SMILES string of the molecule is CSCC[C@H](NC(=O)[C@H](CC(N)=O)NC(=O)[C@H](C)NC(=O)[C@H](CCCNC(=N)N)NC(=O)[C@H](Cc1ccc(O)cc1)NC(=O)[C@H](CC(C)C)NC(C)=O)C(=O)N[C@@H](CC(=O)O)C(=O)N[C@@H](CO)C(=O)N1CCC[C@H]1C(=O)NCC(=O)N[C@@H](Cc1ccc(O)cc1)C(=O)N[C@@H](CO)C(N)=O. The number of guanidine groups is 1. The summed E-state index contributed by atoms with van der Waals surface area (Å²) in [4.78, 5) is 201. The number of hydrogen-bond acceptors (Lipinski definition) is 21. The Kier molecular flexibility index (Phi) is 34.9. The molecular formula is C61H91N17O20S. The molecule has 546 valence electrons. The molecule has 11 atom stereocenters. The number of aliphatic carboxylic acids is 1. The van der Waals surface area contributed by atoms with E-state index in [9.17, 15) is 97.5 Å². The first kappa shape index (κ1) is 82.9. The number of rotatable bonds is 42. The lowest BCUT2D eigenvalue weighted by molar-refractivity contribution is -0.144. The number of aliphatic hydroxyl groups excluding tert-OH is 2. The molecule has 1 fully saturated rings. The van der Waals surface area contributed by atoms with Gasteiger partial charge in [-0.3, -0.25) is 77.3 Å². The number of aliphatic hydroxyl groups is 2. The molecule has 99 heavy (non-hydrogen) atoms. The predicted octanol–water partition coefficient (Wildman–Crippen LogP) is -7.24. The fraction of sp³-hybridized carbons (Fsp3) is 0.541. The van der Waals surface area contributed by atoms with E-state index >= 15 is 0 Å². The van der Waals surface area contributed by atoms with Crippen LogP contribution in [0.5, 0.6) is 11.5 Å². The van der Waals surface area contributed by atoms with Gasteiger partial charge in [0.25, 0.3) is 0 Å². The molecule has 0 bridgehead atoms. The molecule has 1 aliphatic rings. The van der Waals surface area contributed by atoms with E-state index < -0.39 is 194 Å². The summed E-state index contributed by atoms with van der Waals surface area (Å²) in [5.41, 5.74) is 17.0. The number of likely N-dealkylation sites (tertiary alicyclic amines) is 1. The van der Waals surface area contributed by atoms with E-state index in [2.05, 4.69) is 63.8 Å². The van der Waals surface area contributed by atoms with Crippen LogP contribution >= 0.6 is 11.8 Å². The number of aromatic hydroxyl groups is 2. The number of benzene rings is 2. The lowest BCUT2D eigenvalue weighted by Crippen LogP contribution is -2.61. The number of carboxylic acid groups (broad SMARTS) is 1. The Morgan fingerprint density at radius 2 is 1.02 bits per heavy atom. The summed E-state index contributed by atoms with van der Waals surface area (Å²) >= 11 is 1.18. The van der Waals surface area contributed by atoms with Gasteiger partial charge in [-0.05, 0) is 98.8 Å². The molecule has 0 aromatic heterocycles. The number of phenolic OH excluding ortho intramolecular Hbond substituents is 2. The molecule has 0 saturated carbocycles. The second kappa shape index (κ2) is 41.7. The molecule has 2 aromatic carbocycles. The van der Waals surface area contributed by atoms with Gasteiger partial charge in [0.05, 0.1) is 32.6 Å². The molecule has 0 radical (unpaired) electrons. The van der Waals surface area contributed by atoms with Crippen LogP contribution in [0.4, 0.5) is 0 Å². The van der Waals surface area contributed by atoms with Crippen molar-refractivity contribution in [3.63, 3.8) is 0 Å². The molecule has 24 N–H and O–H groups in total. The van der Waals surface area contributed by atoms with Gasteiger partial charge in [-0.2, -0.15) is 11.8 Å². The first-order valence-electron chi connectivity index (χ1n) is 31.4. The van der Waals surface area contributed by atoms with Crippen LogP contribution in [-0.4, -0.2) is 236 Å². The number of carboxylic acids is 1. The standard InChI is InChI=1S/C61H91N17O20S/c1-30(2)22-39(69-32(4)81)54(92)74-41(24-34-12-16-36(83)17-13-34)56(94)71-37(8-6-19-66-61(64)65)52(90)68-31(3)51(89)73-42(25-47(62)84)57(95)72-38(18-21-99-5)53(91)75-43(26-49(86)87)58(96)77-45(29-80)60(98)78-20-7-9-46(78)59(97)67-27-48(85)70-40(23-33-10-14-35(82)15-11-33)55(93)76-44(28-79)50(63)88/h10-17,30-31,37-46,79-80,82-83H,6-9,18-29H2,1-5H3,(H2,62,84)(H2,63,88)(H,67,97)(H,68,90)(H,69,81)(H,70,85)(H,71,94)(H,72,95)(H,73,89)(H,74,92)(H,75,91)(H,76,93)(H,77,96)(H,86,87)(H4,64,65,66)/t31-,37-,38-,39-,40-,41-,42-,43-,44-,45-,46-/m0/s1. The summed E-state index contributed by atoms with van der Waals surface area (Å²) in [6.45, 7) is 3.14. The second-order valence-corrected chi connectivity index (χ2v) is 24.6. The first-order chi connectivity index (χ1) is 46.7. The normalized spacial score (nSPS) is 15.5. The highest BCUT2D eigenvalue weighted by Gasteiger charge is 2.40. The number of hydrogen-bond donors (Lipinski definition) is 21. The summed E-state index contributed by atoms with van der Waals surface area (Å²) < 4.78 is 0. The molecule has 0 aliphatic carbocycles. The van der Waals surface area contributed by atoms with Crippen LogP contribution in [0.1, 0.15) is 90.2 Å². The fourth-order valence-electron chi connectivity index (χ4n) is 9.94. The Morgan fingerprint density at radius 1 is 0.566 bits per heavy atom. The molecule has 38 heteroatoms. The van der Waals surface area contributed by atoms with E-state index in [1.807, 2.05) is 13.8 Å². The van der Waals surface area contributed by atoms with Crippen molar-refractivity contribution in [2.75, 3.05) is 44.9 Å². The van der Waals surface area contributed by atoms with Crippen LogP contribution < -0.4 is 81.0 Å². The van der Waals surface area contributed by atoms with Crippen molar-refractivity contribution >= 4 is 106 Å². The monoisotopic (exact) mass is 1410 g/mol. The average molecular weight is 1410 g/mol. The van der Waals surface area contributed by atoms with Crippen LogP contribution in [0.2, 0.25) is 0 Å². The third-order valence-corrected chi connectivity index (χ3v) is 15.6. The largest absolute Gasteiger partial charge is 0.508 e. The molecule has 2 aromatic rings. The van der Waals surface area contributed by atoms with Crippen LogP contribution in [0.3, 0.4) is 0 Å². The molecule has 0 unspecified atom stereocenters. The van der Waals surface area contributed by atoms with Gasteiger partial charge in [-0.25, -0.2) is 0 Å². The number of nitrogens with zero attached hydrogens (tertiary/aromatic N) is 1. The van der Waals surface area contributed by atoms with E-state index in [4.69, 9.17) is 22.6 Å². The first-order valence-corrected chi connectivity index (χ1v) is 32.8. The zero-order valence-corrected chi connectivity index (χ0v) is 56.1. The molecule has 1 saturated heterocycles. The zero-order chi connectivity index (χ0) is 74.2. The van der Waals surface area contributed by atoms with Crippen molar-refractivity contribution in [3.05, 3.63) is 59.7 Å². The van der Waals surface area contributed by atoms with E-state index in [-0.39, 0.29) is 87.6 Å². The Bertz CT molecular complexity index is 3200. The van der Waals surface area contributed by atoms with Crippen LogP contribution in [0.25, 0.3) is 0 Å². The molecule has 1 aliphatic heterocycles. The molecule has 1 heterocycles. The molecule has 0 spiro atoms. The highest BCUT2D eigenvalue weighted by atomic mass is 32.2. The fourth-order valence-corrected chi connectivity index (χ4v) is 10.4. The number of phenols is 2. The van der Waals surface area contributed by atoms with Crippen LogP contribution in [0, 0.1) is 11.3 Å². The highest BCUT2D eigenvalue weighted by molar-refractivity contribution is 7.98. The third-order valence-electron chi connectivity index (χ3n) is 15.0. The number of carbonyl (C=O) groups excluding carboxylic acids is 14. The van der Waals surface area contributed by atoms with Crippen molar-refractivity contribution in [2.45, 2.75) is 158 Å². The van der Waals surface area contributed by atoms with E-state index in [0.29, 0.717) is 11.1 Å². The smallest absolute Gasteiger partial charge is 0.305 e. The van der Waals surface area contributed by atoms with Gasteiger partial charge in [-0.15, -0.1) is 0 Å². The highest BCUT2D eigenvalue weighted by Crippen LogP contribution is 2.20. The van der Waals surface area contributed by atoms with Gasteiger partial charge in [0.1, 0.15) is 78.0 Å². The zero-order valence-electron chi connectivity index (χ0n) is 55.3. The van der Waals surface area contributed by atoms with Crippen molar-refractivity contribution in [3.8, 4) is 11.5 Å². The molecule has 14 amide bonds. The Labute approximate surface area is 573 Å². The van der Waals surface area contributed by atoms with Crippen molar-refractivity contribution in [1.82, 2.24) is 68.7 Å². The number of nitrogens with one attached hydrogen (secondary N) is 13. The summed E-state index contributed by atoms with van der Waals surface area (Å²) in [6, 6.07) is -6.04. The molecular weight excluding hydrogens is 1320 g/mol. The van der Waals surface area contributed by atoms with Gasteiger partial charge in [0.15, 0.2) is 5.96 Å². The number of carbonyl (C=O) groups is 15. The van der Waals surface area contributed by atoms with Gasteiger partial charge < -0.3 is 111 Å². The Morgan fingerprint density at radius 3 is 1.52 bits per heavy atom. The minimum absolute atomic E-state index is 0.0113. The topological polar surface area (TPSA) is 607 Å². The van der Waals surface area contributed by atoms with Crippen LogP contribution in [0.15, 0.2) is 48.5 Å². The number of amides is 14. The number of thioether (sulfide) groups is 1. The third kappa shape index (κ3) is 29.5. The summed E-state index contributed by atoms with van der Waals surface area (Å²) in [7, 11) is 0. The van der Waals surface area contributed by atoms with Crippen molar-refractivity contribution in [2.24, 2.45) is 23.1 Å². The van der Waals surface area contributed by atoms with Gasteiger partial charge in [0.2, 0.25) is 82.7 Å². The van der Waals surface area contributed by atoms with Gasteiger partial charge >= 0.3 is 5.97 Å². The lowest BCUT2D eigenvalue weighted by Gasteiger charge is -2.29. The number of primary amides is 2. The van der Waals surface area contributed by atoms with E-state index in [1.54, 1.807) is 6.26 Å². The second-order valence-electron chi connectivity index (χ2n) is 23.6. The quantitative estimate of drug-likeness (QED) is 0.0167. The molecule has 37 nitrogen and oxygen atoms in total. The maximum absolute atomic E-state index is 14.2. The minimum atomic E-state index is -2.03. The van der Waals surface area contributed by atoms with E-state index in [1.165, 1.54) is 74.1 Å².